The third-order valence-electron chi connectivity index (χ3n) is 5.17. The van der Waals surface area contributed by atoms with Crippen molar-refractivity contribution < 1.29 is 19.0 Å². The maximum absolute atomic E-state index is 13.1. The van der Waals surface area contributed by atoms with E-state index in [4.69, 9.17) is 14.2 Å². The van der Waals surface area contributed by atoms with E-state index < -0.39 is 5.60 Å². The highest BCUT2D eigenvalue weighted by molar-refractivity contribution is 5.97. The summed E-state index contributed by atoms with van der Waals surface area (Å²) in [6, 6.07) is 7.56. The second-order valence-electron chi connectivity index (χ2n) is 8.68. The first kappa shape index (κ1) is 23.6. The highest BCUT2D eigenvalue weighted by Crippen LogP contribution is 2.30. The lowest BCUT2D eigenvalue weighted by Gasteiger charge is -2.34. The zero-order valence-corrected chi connectivity index (χ0v) is 18.7. The minimum absolute atomic E-state index is 0.0802. The van der Waals surface area contributed by atoms with Gasteiger partial charge in [0, 0.05) is 32.4 Å². The normalized spacial score (nSPS) is 15.7. The van der Waals surface area contributed by atoms with Crippen LogP contribution >= 0.6 is 0 Å². The lowest BCUT2D eigenvalue weighted by Crippen LogP contribution is -2.46. The summed E-state index contributed by atoms with van der Waals surface area (Å²) in [5, 5.41) is 3.04. The molecule has 1 aliphatic heterocycles. The largest absolute Gasteiger partial charge is 0.492 e. The first-order valence-corrected chi connectivity index (χ1v) is 10.7. The van der Waals surface area contributed by atoms with Crippen molar-refractivity contribution in [2.75, 3.05) is 51.9 Å². The van der Waals surface area contributed by atoms with E-state index in [1.165, 1.54) is 0 Å². The number of carbonyl (C=O) groups excluding carboxylic acids is 1. The molecule has 1 saturated heterocycles. The molecule has 0 saturated carbocycles. The Morgan fingerprint density at radius 3 is 2.21 bits per heavy atom. The molecule has 1 heterocycles. The monoisotopic (exact) mass is 406 g/mol. The molecular formula is C23H38N2O4. The van der Waals surface area contributed by atoms with Crippen molar-refractivity contribution in [3.8, 4) is 5.75 Å². The van der Waals surface area contributed by atoms with Gasteiger partial charge in [0.25, 0.3) is 5.91 Å². The number of hydrogen-bond donors (Lipinski definition) is 1. The van der Waals surface area contributed by atoms with E-state index in [2.05, 4.69) is 37.9 Å². The minimum Gasteiger partial charge on any atom is -0.492 e. The van der Waals surface area contributed by atoms with Gasteiger partial charge in [-0.05, 0) is 48.9 Å². The third kappa shape index (κ3) is 7.61. The predicted molar refractivity (Wildman–Crippen MR) is 116 cm³/mol. The zero-order chi connectivity index (χ0) is 21.3. The predicted octanol–water partition coefficient (Wildman–Crippen LogP) is 3.81. The number of carbonyl (C=O) groups is 1. The van der Waals surface area contributed by atoms with E-state index in [1.807, 2.05) is 24.3 Å². The lowest BCUT2D eigenvalue weighted by atomic mass is 9.84. The van der Waals surface area contributed by atoms with E-state index in [9.17, 15) is 4.79 Å². The summed E-state index contributed by atoms with van der Waals surface area (Å²) in [6.07, 6.45) is 1.38. The average molecular weight is 407 g/mol. The Hall–Kier alpha value is -1.63. The highest BCUT2D eigenvalue weighted by atomic mass is 16.5. The van der Waals surface area contributed by atoms with Crippen LogP contribution in [-0.4, -0.2) is 63.0 Å². The molecule has 0 aromatic heterocycles. The van der Waals surface area contributed by atoms with Crippen molar-refractivity contribution in [3.05, 3.63) is 24.3 Å². The first-order chi connectivity index (χ1) is 13.8. The Bertz CT molecular complexity index is 600. The molecule has 6 nitrogen and oxygen atoms in total. The fraction of sp³-hybridized carbons (Fsp3) is 0.696. The van der Waals surface area contributed by atoms with Gasteiger partial charge in [-0.15, -0.1) is 0 Å². The van der Waals surface area contributed by atoms with E-state index in [0.717, 1.165) is 44.3 Å². The molecule has 1 N–H and O–H groups in total. The highest BCUT2D eigenvalue weighted by Gasteiger charge is 2.39. The molecule has 1 aromatic rings. The van der Waals surface area contributed by atoms with E-state index in [1.54, 1.807) is 7.11 Å². The number of ether oxygens (including phenoxy) is 3. The van der Waals surface area contributed by atoms with Gasteiger partial charge in [-0.1, -0.05) is 27.7 Å². The van der Waals surface area contributed by atoms with Gasteiger partial charge >= 0.3 is 0 Å². The van der Waals surface area contributed by atoms with Crippen LogP contribution in [0.1, 0.15) is 40.5 Å². The number of morpholine rings is 1. The molecule has 0 radical (unpaired) electrons. The number of rotatable bonds is 11. The summed E-state index contributed by atoms with van der Waals surface area (Å²) < 4.78 is 17.0. The Balaban J connectivity index is 1.91. The molecule has 0 bridgehead atoms. The van der Waals surface area contributed by atoms with Crippen LogP contribution in [-0.2, 0) is 14.3 Å². The molecule has 6 heteroatoms. The van der Waals surface area contributed by atoms with Gasteiger partial charge in [-0.2, -0.15) is 0 Å². The van der Waals surface area contributed by atoms with E-state index in [-0.39, 0.29) is 5.91 Å². The average Bonchev–Trinajstić information content (AvgIpc) is 2.68. The maximum Gasteiger partial charge on any atom is 0.256 e. The van der Waals surface area contributed by atoms with Gasteiger partial charge in [0.2, 0.25) is 0 Å². The van der Waals surface area contributed by atoms with Gasteiger partial charge in [0.1, 0.15) is 18.0 Å². The fourth-order valence-electron chi connectivity index (χ4n) is 3.84. The Morgan fingerprint density at radius 2 is 1.69 bits per heavy atom. The molecule has 1 aromatic carbocycles. The van der Waals surface area contributed by atoms with Crippen molar-refractivity contribution in [1.82, 2.24) is 4.90 Å². The van der Waals surface area contributed by atoms with Crippen molar-refractivity contribution in [3.63, 3.8) is 0 Å². The number of anilines is 1. The number of nitrogens with one attached hydrogen (secondary N) is 1. The lowest BCUT2D eigenvalue weighted by molar-refractivity contribution is -0.142. The van der Waals surface area contributed by atoms with E-state index >= 15 is 0 Å². The standard InChI is InChI=1S/C23H38N2O4/c1-18(2)16-23(27-5,17-19(3)4)22(26)24-20-6-8-21(9-7-20)29-15-12-25-10-13-28-14-11-25/h6-9,18-19H,10-17H2,1-5H3,(H,24,26). The zero-order valence-electron chi connectivity index (χ0n) is 18.7. The van der Waals surface area contributed by atoms with Crippen molar-refractivity contribution in [2.45, 2.75) is 46.1 Å². The molecule has 0 atom stereocenters. The molecule has 1 amide bonds. The fourth-order valence-corrected chi connectivity index (χ4v) is 3.84. The van der Waals surface area contributed by atoms with E-state index in [0.29, 0.717) is 31.3 Å². The van der Waals surface area contributed by atoms with Crippen LogP contribution in [0.2, 0.25) is 0 Å². The van der Waals surface area contributed by atoms with Crippen molar-refractivity contribution in [2.24, 2.45) is 11.8 Å². The maximum atomic E-state index is 13.1. The Kier molecular flexibility index (Phi) is 9.40. The van der Waals surface area contributed by atoms with Gasteiger partial charge in [-0.25, -0.2) is 0 Å². The molecule has 0 spiro atoms. The summed E-state index contributed by atoms with van der Waals surface area (Å²) in [7, 11) is 1.63. The van der Waals surface area contributed by atoms with Crippen LogP contribution < -0.4 is 10.1 Å². The topological polar surface area (TPSA) is 60.0 Å². The molecular weight excluding hydrogens is 368 g/mol. The molecule has 0 aliphatic carbocycles. The van der Waals surface area contributed by atoms with Crippen molar-refractivity contribution >= 4 is 11.6 Å². The third-order valence-corrected chi connectivity index (χ3v) is 5.17. The second-order valence-corrected chi connectivity index (χ2v) is 8.68. The van der Waals surface area contributed by atoms with Gasteiger partial charge < -0.3 is 19.5 Å². The number of methoxy groups -OCH3 is 1. The number of hydrogen-bond acceptors (Lipinski definition) is 5. The molecule has 0 unspecified atom stereocenters. The summed E-state index contributed by atoms with van der Waals surface area (Å²) >= 11 is 0. The van der Waals surface area contributed by atoms with Crippen LogP contribution in [0.25, 0.3) is 0 Å². The summed E-state index contributed by atoms with van der Waals surface area (Å²) in [6.45, 7) is 13.5. The smallest absolute Gasteiger partial charge is 0.256 e. The SMILES string of the molecule is COC(CC(C)C)(CC(C)C)C(=O)Nc1ccc(OCCN2CCOCC2)cc1. The quantitative estimate of drug-likeness (QED) is 0.605. The molecule has 29 heavy (non-hydrogen) atoms. The van der Waals surface area contributed by atoms with Crippen LogP contribution in [0.3, 0.4) is 0 Å². The van der Waals surface area contributed by atoms with Crippen LogP contribution in [0, 0.1) is 11.8 Å². The summed E-state index contributed by atoms with van der Waals surface area (Å²) in [4.78, 5) is 15.4. The van der Waals surface area contributed by atoms with Gasteiger partial charge in [-0.3, -0.25) is 9.69 Å². The molecule has 1 fully saturated rings. The molecule has 164 valence electrons. The summed E-state index contributed by atoms with van der Waals surface area (Å²) in [5.74, 6) is 1.45. The summed E-state index contributed by atoms with van der Waals surface area (Å²) in [5.41, 5.74) is -0.0557. The van der Waals surface area contributed by atoms with Crippen LogP contribution in [0.15, 0.2) is 24.3 Å². The minimum atomic E-state index is -0.810. The number of nitrogens with zero attached hydrogens (tertiary/aromatic N) is 1. The molecule has 1 aliphatic rings. The van der Waals surface area contributed by atoms with Crippen LogP contribution in [0.4, 0.5) is 5.69 Å². The van der Waals surface area contributed by atoms with Gasteiger partial charge in [0.05, 0.1) is 13.2 Å². The van der Waals surface area contributed by atoms with Crippen LogP contribution in [0.5, 0.6) is 5.75 Å². The molecule has 2 rings (SSSR count). The van der Waals surface area contributed by atoms with Gasteiger partial charge in [0.15, 0.2) is 0 Å². The first-order valence-electron chi connectivity index (χ1n) is 10.7. The number of amides is 1. The Labute approximate surface area is 175 Å². The Morgan fingerprint density at radius 1 is 1.10 bits per heavy atom. The number of benzene rings is 1. The van der Waals surface area contributed by atoms with Crippen molar-refractivity contribution in [1.29, 1.82) is 0 Å². The second kappa shape index (κ2) is 11.5.